The smallest absolute Gasteiger partial charge is 0.200 e. The number of benzene rings is 3. The van der Waals surface area contributed by atoms with Gasteiger partial charge >= 0.3 is 0 Å². The Morgan fingerprint density at radius 1 is 0.704 bits per heavy atom. The normalized spacial score (nSPS) is 11.3. The number of nitrogen functional groups attached to an aromatic ring is 1. The van der Waals surface area contributed by atoms with Crippen molar-refractivity contribution in [2.45, 2.75) is 0 Å². The second-order valence-corrected chi connectivity index (χ2v) is 5.81. The van der Waals surface area contributed by atoms with E-state index in [0.29, 0.717) is 10.1 Å². The van der Waals surface area contributed by atoms with Crippen LogP contribution in [0.2, 0.25) is 0 Å². The zero-order valence-corrected chi connectivity index (χ0v) is 13.5. The summed E-state index contributed by atoms with van der Waals surface area (Å²) in [5, 5.41) is 4.11. The largest absolute Gasteiger partial charge is 0.382 e. The van der Waals surface area contributed by atoms with E-state index in [1.54, 1.807) is 12.1 Å². The Balaban J connectivity index is 1.98. The van der Waals surface area contributed by atoms with E-state index in [1.165, 1.54) is 6.07 Å². The first kappa shape index (κ1) is 17.0. The fourth-order valence-corrected chi connectivity index (χ4v) is 2.90. The fourth-order valence-electron chi connectivity index (χ4n) is 2.90. The summed E-state index contributed by atoms with van der Waals surface area (Å²) in [5.41, 5.74) is 6.38. The van der Waals surface area contributed by atoms with E-state index < -0.39 is 34.8 Å². The Bertz CT molecular complexity index is 1160. The van der Waals surface area contributed by atoms with Crippen molar-refractivity contribution in [1.29, 1.82) is 0 Å². The Labute approximate surface area is 149 Å². The maximum absolute atomic E-state index is 14.1. The van der Waals surface area contributed by atoms with Crippen LogP contribution in [0.1, 0.15) is 0 Å². The zero-order chi connectivity index (χ0) is 19.3. The number of anilines is 1. The predicted octanol–water partition coefficient (Wildman–Crippen LogP) is 4.97. The third kappa shape index (κ3) is 2.52. The molecule has 0 spiro atoms. The van der Waals surface area contributed by atoms with Gasteiger partial charge in [0.2, 0.25) is 5.82 Å². The maximum Gasteiger partial charge on any atom is 0.200 e. The summed E-state index contributed by atoms with van der Waals surface area (Å²) in [7, 11) is 0. The van der Waals surface area contributed by atoms with Crippen molar-refractivity contribution < 1.29 is 22.0 Å². The van der Waals surface area contributed by atoms with E-state index in [2.05, 4.69) is 5.10 Å². The highest BCUT2D eigenvalue weighted by atomic mass is 19.2. The number of halogens is 5. The van der Waals surface area contributed by atoms with Gasteiger partial charge in [-0.3, -0.25) is 0 Å². The van der Waals surface area contributed by atoms with E-state index in [0.717, 1.165) is 11.1 Å². The summed E-state index contributed by atoms with van der Waals surface area (Å²) in [6.45, 7) is 0. The predicted molar refractivity (Wildman–Crippen MR) is 90.7 cm³/mol. The number of nitrogens with two attached hydrogens (primary N) is 1. The lowest BCUT2D eigenvalue weighted by Crippen LogP contribution is -2.10. The molecule has 0 amide bonds. The van der Waals surface area contributed by atoms with Gasteiger partial charge in [0.15, 0.2) is 29.1 Å². The third-order valence-electron chi connectivity index (χ3n) is 4.21. The quantitative estimate of drug-likeness (QED) is 0.305. The van der Waals surface area contributed by atoms with Crippen LogP contribution in [0.25, 0.3) is 27.7 Å². The Kier molecular flexibility index (Phi) is 3.83. The van der Waals surface area contributed by atoms with Crippen molar-refractivity contribution in [3.63, 3.8) is 0 Å². The molecule has 1 aromatic heterocycles. The summed E-state index contributed by atoms with van der Waals surface area (Å²) < 4.78 is 69.3. The van der Waals surface area contributed by atoms with E-state index in [1.807, 2.05) is 30.3 Å². The summed E-state index contributed by atoms with van der Waals surface area (Å²) in [6, 6.07) is 14.0. The molecule has 136 valence electrons. The average Bonchev–Trinajstić information content (AvgIpc) is 3.01. The minimum absolute atomic E-state index is 0.105. The molecule has 0 aliphatic heterocycles. The van der Waals surface area contributed by atoms with Gasteiger partial charge in [-0.1, -0.05) is 36.4 Å². The molecule has 0 bridgehead atoms. The molecule has 0 radical (unpaired) electrons. The van der Waals surface area contributed by atoms with E-state index >= 15 is 0 Å². The topological polar surface area (TPSA) is 43.8 Å². The zero-order valence-electron chi connectivity index (χ0n) is 13.5. The molecule has 0 unspecified atom stereocenters. The Morgan fingerprint density at radius 3 is 1.93 bits per heavy atom. The van der Waals surface area contributed by atoms with Crippen molar-refractivity contribution in [3.8, 4) is 16.8 Å². The Morgan fingerprint density at radius 2 is 1.30 bits per heavy atom. The average molecular weight is 375 g/mol. The summed E-state index contributed by atoms with van der Waals surface area (Å²) in [5.74, 6) is -10.4. The van der Waals surface area contributed by atoms with Crippen LogP contribution in [0.3, 0.4) is 0 Å². The van der Waals surface area contributed by atoms with Crippen molar-refractivity contribution >= 4 is 16.7 Å². The van der Waals surface area contributed by atoms with Gasteiger partial charge in [0.05, 0.1) is 5.52 Å². The highest BCUT2D eigenvalue weighted by Crippen LogP contribution is 2.32. The molecule has 3 nitrogen and oxygen atoms in total. The van der Waals surface area contributed by atoms with Crippen LogP contribution in [0, 0.1) is 29.1 Å². The molecule has 1 heterocycles. The number of fused-ring (bicyclic) bond motifs is 1. The molecule has 27 heavy (non-hydrogen) atoms. The molecule has 0 saturated carbocycles. The molecule has 0 fully saturated rings. The molecule has 0 aliphatic rings. The van der Waals surface area contributed by atoms with Gasteiger partial charge in [0.1, 0.15) is 5.69 Å². The number of rotatable bonds is 2. The van der Waals surface area contributed by atoms with Crippen LogP contribution < -0.4 is 5.73 Å². The van der Waals surface area contributed by atoms with Gasteiger partial charge in [0.25, 0.3) is 0 Å². The lowest BCUT2D eigenvalue weighted by molar-refractivity contribution is 0.374. The molecule has 0 aliphatic carbocycles. The second-order valence-electron chi connectivity index (χ2n) is 5.81. The van der Waals surface area contributed by atoms with Crippen LogP contribution in [0.5, 0.6) is 0 Å². The fraction of sp³-hybridized carbons (Fsp3) is 0. The van der Waals surface area contributed by atoms with Crippen molar-refractivity contribution in [2.24, 2.45) is 0 Å². The highest BCUT2D eigenvalue weighted by molar-refractivity contribution is 5.93. The van der Waals surface area contributed by atoms with Crippen molar-refractivity contribution in [1.82, 2.24) is 9.78 Å². The monoisotopic (exact) mass is 375 g/mol. The molecule has 2 N–H and O–H groups in total. The van der Waals surface area contributed by atoms with Crippen molar-refractivity contribution in [2.75, 3.05) is 5.73 Å². The molecule has 4 aromatic rings. The summed E-state index contributed by atoms with van der Waals surface area (Å²) >= 11 is 0. The first-order valence-electron chi connectivity index (χ1n) is 7.75. The molecule has 0 atom stereocenters. The van der Waals surface area contributed by atoms with E-state index in [4.69, 9.17) is 5.73 Å². The standard InChI is InChI=1S/C19H10F5N3/c20-13-14(21)16(23)18(17(24)15(13)22)27-12-7-6-10(8-11(12)19(25)26-27)9-4-2-1-3-5-9/h1-8H,(H2,25,26). The van der Waals surface area contributed by atoms with Gasteiger partial charge in [-0.05, 0) is 23.3 Å². The molecule has 0 saturated heterocycles. The second kappa shape index (κ2) is 6.08. The van der Waals surface area contributed by atoms with Crippen LogP contribution in [0.15, 0.2) is 48.5 Å². The van der Waals surface area contributed by atoms with E-state index in [9.17, 15) is 22.0 Å². The first-order chi connectivity index (χ1) is 12.9. The number of hydrogen-bond acceptors (Lipinski definition) is 2. The first-order valence-corrected chi connectivity index (χ1v) is 7.75. The minimum Gasteiger partial charge on any atom is -0.382 e. The lowest BCUT2D eigenvalue weighted by atomic mass is 10.0. The van der Waals surface area contributed by atoms with Gasteiger partial charge < -0.3 is 5.73 Å². The maximum atomic E-state index is 14.1. The van der Waals surface area contributed by atoms with Crippen molar-refractivity contribution in [3.05, 3.63) is 77.6 Å². The van der Waals surface area contributed by atoms with Crippen LogP contribution in [0.4, 0.5) is 27.8 Å². The highest BCUT2D eigenvalue weighted by Gasteiger charge is 2.28. The molecule has 4 rings (SSSR count). The number of nitrogens with zero attached hydrogens (tertiary/aromatic N) is 2. The third-order valence-corrected chi connectivity index (χ3v) is 4.21. The minimum atomic E-state index is -2.23. The van der Waals surface area contributed by atoms with Crippen LogP contribution in [-0.2, 0) is 0 Å². The van der Waals surface area contributed by atoms with E-state index in [-0.39, 0.29) is 11.3 Å². The lowest BCUT2D eigenvalue weighted by Gasteiger charge is -2.09. The summed E-state index contributed by atoms with van der Waals surface area (Å²) in [4.78, 5) is 0. The molecular formula is C19H10F5N3. The van der Waals surface area contributed by atoms with Crippen LogP contribution in [-0.4, -0.2) is 9.78 Å². The molecule has 8 heteroatoms. The summed E-state index contributed by atoms with van der Waals surface area (Å²) in [6.07, 6.45) is 0. The van der Waals surface area contributed by atoms with Crippen LogP contribution >= 0.6 is 0 Å². The molecular weight excluding hydrogens is 365 g/mol. The van der Waals surface area contributed by atoms with Gasteiger partial charge in [-0.25, -0.2) is 26.6 Å². The SMILES string of the molecule is Nc1nn(-c2c(F)c(F)c(F)c(F)c2F)c2ccc(-c3ccccc3)cc12. The Hall–Kier alpha value is -3.42. The van der Waals surface area contributed by atoms with Gasteiger partial charge in [0, 0.05) is 5.39 Å². The molecule has 3 aromatic carbocycles. The number of hydrogen-bond donors (Lipinski definition) is 1. The number of aromatic nitrogens is 2. The van der Waals surface area contributed by atoms with Gasteiger partial charge in [-0.2, -0.15) is 0 Å². The van der Waals surface area contributed by atoms with Gasteiger partial charge in [-0.15, -0.1) is 5.10 Å².